The highest BCUT2D eigenvalue weighted by atomic mass is 31.2. The fourth-order valence-corrected chi connectivity index (χ4v) is 7.06. The molecule has 20 nitrogen and oxygen atoms in total. The van der Waals surface area contributed by atoms with E-state index < -0.39 is 78.1 Å². The molecule has 0 radical (unpaired) electrons. The second-order valence-electron chi connectivity index (χ2n) is 9.83. The van der Waals surface area contributed by atoms with Gasteiger partial charge in [0.05, 0.1) is 25.9 Å². The molecule has 3 saturated heterocycles. The Labute approximate surface area is 243 Å². The van der Waals surface area contributed by atoms with Crippen LogP contribution in [0.1, 0.15) is 12.5 Å². The molecule has 236 valence electrons. The summed E-state index contributed by atoms with van der Waals surface area (Å²) in [6.45, 7) is -1.90. The van der Waals surface area contributed by atoms with E-state index in [9.17, 15) is 18.9 Å². The number of hydrogen-bond acceptors (Lipinski definition) is 17. The maximum atomic E-state index is 15.8. The summed E-state index contributed by atoms with van der Waals surface area (Å²) in [6, 6.07) is 0. The van der Waals surface area contributed by atoms with Crippen molar-refractivity contribution in [2.45, 2.75) is 49.2 Å². The average Bonchev–Trinajstić information content (AvgIpc) is 3.73. The van der Waals surface area contributed by atoms with Gasteiger partial charge in [-0.3, -0.25) is 22.7 Å². The summed E-state index contributed by atoms with van der Waals surface area (Å²) < 4.78 is 91.0. The summed E-state index contributed by atoms with van der Waals surface area (Å²) in [7, 11) is -10.5. The minimum atomic E-state index is -5.37. The molecule has 4 aromatic heterocycles. The number of alkyl halides is 2. The molecule has 2 unspecified atom stereocenters. The van der Waals surface area contributed by atoms with E-state index in [2.05, 4.69) is 29.9 Å². The maximum absolute atomic E-state index is 15.8. The van der Waals surface area contributed by atoms with Crippen LogP contribution in [-0.2, 0) is 36.7 Å². The third kappa shape index (κ3) is 5.02. The lowest BCUT2D eigenvalue weighted by Gasteiger charge is -2.31. The summed E-state index contributed by atoms with van der Waals surface area (Å²) in [5.74, 6) is -0.0189. The maximum Gasteiger partial charge on any atom is 0.472 e. The van der Waals surface area contributed by atoms with Crippen LogP contribution in [0.15, 0.2) is 25.3 Å². The molecule has 0 aromatic carbocycles. The van der Waals surface area contributed by atoms with Crippen LogP contribution in [0, 0.1) is 0 Å². The summed E-state index contributed by atoms with van der Waals surface area (Å²) in [4.78, 5) is 47.0. The Balaban J connectivity index is 1.17. The van der Waals surface area contributed by atoms with Crippen molar-refractivity contribution in [2.75, 3.05) is 24.7 Å². The standard InChI is InChI=1S/C20H22F2N10O10P2/c21-9-13-7(39-19(9)31-5-29-11-15(23)25-3-27-17(11)31)1-37-43(33,34)42-14-8(2-38-44(35,36)41-13)40-20(10(14)22)32-6-30-12-16(24)26-4-28-18(12)32/h3-10,13-14,19-20H,1-2H2,(H,33,34)(H,35,36)(H2,23,25,27)(H2,24,26,28)/p-1/t7-,8-,9-,10-,13-,14-,19-,20-/m1/s1. The first-order valence-electron chi connectivity index (χ1n) is 12.7. The first-order chi connectivity index (χ1) is 20.9. The molecule has 3 fully saturated rings. The number of nitrogen functional groups attached to an aromatic ring is 2. The first kappa shape index (κ1) is 29.4. The molecule has 44 heavy (non-hydrogen) atoms. The minimum absolute atomic E-state index is 0.00858. The van der Waals surface area contributed by atoms with Gasteiger partial charge in [-0.25, -0.2) is 43.2 Å². The lowest BCUT2D eigenvalue weighted by Crippen LogP contribution is -2.38. The SMILES string of the molecule is Nc1ncnc2c1ncn2[C@@H]1O[C@@H]2COP(=O)(O)O[C@H]3[C@@H](F)[C@H](n4cnc5c(N)ncnc54)O[C@@H]3COP(=O)([O-])O[C@H]2[C@H]1F. The molecule has 3 aliphatic heterocycles. The van der Waals surface area contributed by atoms with E-state index in [4.69, 9.17) is 39.0 Å². The normalized spacial score (nSPS) is 38.3. The van der Waals surface area contributed by atoms with Crippen LogP contribution in [0.4, 0.5) is 20.4 Å². The zero-order valence-corrected chi connectivity index (χ0v) is 23.6. The van der Waals surface area contributed by atoms with Crippen molar-refractivity contribution >= 4 is 49.6 Å². The quantitative estimate of drug-likeness (QED) is 0.232. The van der Waals surface area contributed by atoms with Crippen LogP contribution < -0.4 is 16.4 Å². The number of fused-ring (bicyclic) bond motifs is 4. The van der Waals surface area contributed by atoms with Gasteiger partial charge in [0.15, 0.2) is 47.7 Å². The molecular weight excluding hydrogens is 640 g/mol. The van der Waals surface area contributed by atoms with Gasteiger partial charge in [0, 0.05) is 0 Å². The Morgan fingerprint density at radius 1 is 0.795 bits per heavy atom. The zero-order valence-electron chi connectivity index (χ0n) is 21.8. The lowest BCUT2D eigenvalue weighted by atomic mass is 10.1. The van der Waals surface area contributed by atoms with Gasteiger partial charge in [-0.15, -0.1) is 0 Å². The lowest BCUT2D eigenvalue weighted by molar-refractivity contribution is -0.235. The van der Waals surface area contributed by atoms with Gasteiger partial charge in [-0.05, 0) is 0 Å². The molecule has 4 aromatic rings. The van der Waals surface area contributed by atoms with Crippen LogP contribution in [0.25, 0.3) is 22.3 Å². The average molecular weight is 661 g/mol. The number of anilines is 2. The molecule has 10 atom stereocenters. The number of phosphoric acid groups is 2. The van der Waals surface area contributed by atoms with E-state index in [0.29, 0.717) is 0 Å². The number of hydrogen-bond donors (Lipinski definition) is 3. The summed E-state index contributed by atoms with van der Waals surface area (Å²) in [5, 5.41) is 0. The Kier molecular flexibility index (Phi) is 7.12. The number of ether oxygens (including phenoxy) is 2. The van der Waals surface area contributed by atoms with Crippen molar-refractivity contribution in [3.05, 3.63) is 25.3 Å². The molecule has 5 N–H and O–H groups in total. The summed E-state index contributed by atoms with van der Waals surface area (Å²) in [6.07, 6.45) is -10.2. The molecule has 0 spiro atoms. The van der Waals surface area contributed by atoms with Gasteiger partial charge < -0.3 is 39.8 Å². The van der Waals surface area contributed by atoms with E-state index in [1.807, 2.05) is 0 Å². The number of phosphoric ester groups is 2. The van der Waals surface area contributed by atoms with Crippen LogP contribution in [0.3, 0.4) is 0 Å². The van der Waals surface area contributed by atoms with Gasteiger partial charge in [0.1, 0.15) is 48.1 Å². The van der Waals surface area contributed by atoms with Gasteiger partial charge >= 0.3 is 7.82 Å². The number of aromatic nitrogens is 8. The largest absolute Gasteiger partial charge is 0.756 e. The van der Waals surface area contributed by atoms with Gasteiger partial charge in [-0.1, -0.05) is 0 Å². The fraction of sp³-hybridized carbons (Fsp3) is 0.500. The summed E-state index contributed by atoms with van der Waals surface area (Å²) >= 11 is 0. The smallest absolute Gasteiger partial charge is 0.472 e. The predicted octanol–water partition coefficient (Wildman–Crippen LogP) is -0.312. The Hall–Kier alpha value is -3.30. The van der Waals surface area contributed by atoms with Crippen molar-refractivity contribution in [2.24, 2.45) is 0 Å². The Morgan fingerprint density at radius 3 is 1.80 bits per heavy atom. The number of rotatable bonds is 2. The molecule has 24 heteroatoms. The zero-order chi connectivity index (χ0) is 31.0. The molecule has 0 aliphatic carbocycles. The third-order valence-electron chi connectivity index (χ3n) is 7.16. The number of nitrogens with two attached hydrogens (primary N) is 2. The van der Waals surface area contributed by atoms with Crippen LogP contribution in [0.5, 0.6) is 0 Å². The van der Waals surface area contributed by atoms with Crippen molar-refractivity contribution in [1.82, 2.24) is 39.0 Å². The second kappa shape index (κ2) is 10.7. The monoisotopic (exact) mass is 661 g/mol. The molecule has 7 rings (SSSR count). The predicted molar refractivity (Wildman–Crippen MR) is 136 cm³/mol. The van der Waals surface area contributed by atoms with E-state index in [0.717, 1.165) is 34.4 Å². The van der Waals surface area contributed by atoms with E-state index in [1.54, 1.807) is 0 Å². The molecule has 0 amide bonds. The molecular formula is C20H21F2N10O10P2-. The highest BCUT2D eigenvalue weighted by Gasteiger charge is 2.54. The topological polar surface area (TPSA) is 272 Å². The van der Waals surface area contributed by atoms with E-state index >= 15 is 8.78 Å². The highest BCUT2D eigenvalue weighted by Crippen LogP contribution is 2.53. The van der Waals surface area contributed by atoms with Gasteiger partial charge in [0.2, 0.25) is 0 Å². The van der Waals surface area contributed by atoms with E-state index in [1.165, 1.54) is 0 Å². The summed E-state index contributed by atoms with van der Waals surface area (Å²) in [5.41, 5.74) is 11.9. The Morgan fingerprint density at radius 2 is 1.27 bits per heavy atom. The fourth-order valence-electron chi connectivity index (χ4n) is 5.16. The molecule has 0 bridgehead atoms. The van der Waals surface area contributed by atoms with E-state index in [-0.39, 0.29) is 34.0 Å². The van der Waals surface area contributed by atoms with Crippen LogP contribution in [0.2, 0.25) is 0 Å². The first-order valence-corrected chi connectivity index (χ1v) is 15.6. The minimum Gasteiger partial charge on any atom is -0.756 e. The van der Waals surface area contributed by atoms with Crippen LogP contribution in [-0.4, -0.2) is 93.9 Å². The van der Waals surface area contributed by atoms with Crippen molar-refractivity contribution in [1.29, 1.82) is 0 Å². The molecule has 0 saturated carbocycles. The number of nitrogens with zero attached hydrogens (tertiary/aromatic N) is 8. The van der Waals surface area contributed by atoms with Gasteiger partial charge in [0.25, 0.3) is 7.82 Å². The molecule has 7 heterocycles. The third-order valence-corrected chi connectivity index (χ3v) is 9.11. The Bertz CT molecular complexity index is 1700. The number of halogens is 2. The van der Waals surface area contributed by atoms with Crippen LogP contribution >= 0.6 is 15.6 Å². The van der Waals surface area contributed by atoms with Crippen molar-refractivity contribution in [3.8, 4) is 0 Å². The van der Waals surface area contributed by atoms with Crippen molar-refractivity contribution in [3.63, 3.8) is 0 Å². The second-order valence-corrected chi connectivity index (χ2v) is 12.6. The number of imidazole rings is 2. The molecule has 3 aliphatic rings. The van der Waals surface area contributed by atoms with Crippen molar-refractivity contribution < 1.29 is 55.3 Å². The van der Waals surface area contributed by atoms with Gasteiger partial charge in [-0.2, -0.15) is 0 Å². The highest BCUT2D eigenvalue weighted by molar-refractivity contribution is 7.47.